The first kappa shape index (κ1) is 21.8. The molecular weight excluding hydrogens is 406 g/mol. The summed E-state index contributed by atoms with van der Waals surface area (Å²) in [4.78, 5) is 26.6. The molecule has 1 aliphatic heterocycles. The molecule has 0 saturated carbocycles. The quantitative estimate of drug-likeness (QED) is 0.678. The van der Waals surface area contributed by atoms with Gasteiger partial charge in [0.1, 0.15) is 17.9 Å². The molecule has 30 heavy (non-hydrogen) atoms. The Hall–Kier alpha value is -2.91. The molecule has 2 aromatic carbocycles. The normalized spacial score (nSPS) is 19.3. The number of amides is 3. The van der Waals surface area contributed by atoms with E-state index in [0.717, 1.165) is 14.8 Å². The topological polar surface area (TPSA) is 96.0 Å². The van der Waals surface area contributed by atoms with Gasteiger partial charge in [-0.15, -0.1) is 0 Å². The Labute approximate surface area is 176 Å². The Morgan fingerprint density at radius 2 is 1.63 bits per heavy atom. The third-order valence-electron chi connectivity index (χ3n) is 5.09. The number of urea groups is 1. The molecule has 0 radical (unpaired) electrons. The molecule has 0 spiro atoms. The number of carbonyl (C=O) groups excluding carboxylic acids is 2. The average molecular weight is 432 g/mol. The van der Waals surface area contributed by atoms with Crippen LogP contribution in [0.25, 0.3) is 0 Å². The van der Waals surface area contributed by atoms with E-state index in [2.05, 4.69) is 5.32 Å². The Bertz CT molecular complexity index is 1050. The van der Waals surface area contributed by atoms with Crippen LogP contribution in [0.2, 0.25) is 0 Å². The summed E-state index contributed by atoms with van der Waals surface area (Å²) >= 11 is 0. The zero-order chi connectivity index (χ0) is 22.1. The maximum atomic E-state index is 12.9. The predicted octanol–water partition coefficient (Wildman–Crippen LogP) is 2.09. The van der Waals surface area contributed by atoms with Crippen molar-refractivity contribution in [2.24, 2.45) is 0 Å². The molecule has 1 N–H and O–H groups in total. The number of hydrogen-bond acceptors (Lipinski definition) is 5. The fourth-order valence-corrected chi connectivity index (χ4v) is 4.06. The van der Waals surface area contributed by atoms with Gasteiger partial charge in [-0.2, -0.15) is 0 Å². The monoisotopic (exact) mass is 431 g/mol. The van der Waals surface area contributed by atoms with E-state index in [4.69, 9.17) is 4.74 Å². The number of carbonyl (C=O) groups is 2. The van der Waals surface area contributed by atoms with E-state index < -0.39 is 21.6 Å². The molecule has 1 unspecified atom stereocenters. The molecule has 3 amide bonds. The van der Waals surface area contributed by atoms with E-state index in [-0.39, 0.29) is 24.0 Å². The Balaban J connectivity index is 1.63. The second-order valence-corrected chi connectivity index (χ2v) is 9.64. The molecule has 1 saturated heterocycles. The number of nitrogens with one attached hydrogen (secondary N) is 1. The molecule has 0 bridgehead atoms. The van der Waals surface area contributed by atoms with Crippen LogP contribution in [0, 0.1) is 6.92 Å². The van der Waals surface area contributed by atoms with Crippen molar-refractivity contribution in [2.45, 2.75) is 24.3 Å². The van der Waals surface area contributed by atoms with E-state index in [1.54, 1.807) is 19.1 Å². The third-order valence-corrected chi connectivity index (χ3v) is 6.92. The number of hydrogen-bond donors (Lipinski definition) is 1. The smallest absolute Gasteiger partial charge is 0.325 e. The summed E-state index contributed by atoms with van der Waals surface area (Å²) in [6.07, 6.45) is 0. The third kappa shape index (κ3) is 4.03. The molecule has 1 fully saturated rings. The van der Waals surface area contributed by atoms with Crippen LogP contribution in [0.4, 0.5) is 4.79 Å². The van der Waals surface area contributed by atoms with Crippen molar-refractivity contribution in [2.75, 3.05) is 27.2 Å². The molecule has 0 aromatic heterocycles. The van der Waals surface area contributed by atoms with Crippen LogP contribution in [0.1, 0.15) is 18.1 Å². The molecular formula is C21H25N3O5S. The van der Waals surface area contributed by atoms with E-state index in [1.807, 2.05) is 31.2 Å². The van der Waals surface area contributed by atoms with Crippen LogP contribution >= 0.6 is 0 Å². The van der Waals surface area contributed by atoms with Gasteiger partial charge in [0.25, 0.3) is 5.91 Å². The average Bonchev–Trinajstić information content (AvgIpc) is 2.92. The van der Waals surface area contributed by atoms with Crippen molar-refractivity contribution in [1.82, 2.24) is 14.5 Å². The van der Waals surface area contributed by atoms with E-state index >= 15 is 0 Å². The molecule has 1 heterocycles. The van der Waals surface area contributed by atoms with Gasteiger partial charge >= 0.3 is 6.03 Å². The molecule has 0 aliphatic carbocycles. The predicted molar refractivity (Wildman–Crippen MR) is 112 cm³/mol. The summed E-state index contributed by atoms with van der Waals surface area (Å²) in [5.74, 6) is 0.105. The highest BCUT2D eigenvalue weighted by Gasteiger charge is 2.48. The number of ether oxygens (including phenoxy) is 1. The zero-order valence-corrected chi connectivity index (χ0v) is 18.2. The van der Waals surface area contributed by atoms with Gasteiger partial charge in [0, 0.05) is 14.1 Å². The summed E-state index contributed by atoms with van der Waals surface area (Å²) in [5, 5.41) is 2.76. The fraction of sp³-hybridized carbons (Fsp3) is 0.333. The van der Waals surface area contributed by atoms with Crippen molar-refractivity contribution in [3.8, 4) is 5.75 Å². The van der Waals surface area contributed by atoms with Crippen molar-refractivity contribution in [1.29, 1.82) is 0 Å². The standard InChI is InChI=1S/C21H25N3O5S/c1-15-5-7-16(8-6-15)21(2)19(25)24(20(26)22-21)13-14-29-17-9-11-18(12-10-17)30(27,28)23(3)4/h5-12H,13-14H2,1-4H3,(H,22,26). The molecule has 3 rings (SSSR count). The SMILES string of the molecule is Cc1ccc(C2(C)NC(=O)N(CCOc3ccc(S(=O)(=O)N(C)C)cc3)C2=O)cc1. The van der Waals surface area contributed by atoms with Gasteiger partial charge in [0.15, 0.2) is 0 Å². The van der Waals surface area contributed by atoms with Gasteiger partial charge < -0.3 is 10.1 Å². The first-order valence-corrected chi connectivity index (χ1v) is 10.9. The van der Waals surface area contributed by atoms with Gasteiger partial charge in [-0.3, -0.25) is 9.69 Å². The maximum absolute atomic E-state index is 12.9. The van der Waals surface area contributed by atoms with Crippen LogP contribution < -0.4 is 10.1 Å². The van der Waals surface area contributed by atoms with Crippen molar-refractivity contribution in [3.63, 3.8) is 0 Å². The Morgan fingerprint density at radius 1 is 1.03 bits per heavy atom. The second kappa shape index (κ2) is 8.08. The molecule has 9 heteroatoms. The first-order chi connectivity index (χ1) is 14.1. The molecule has 160 valence electrons. The summed E-state index contributed by atoms with van der Waals surface area (Å²) in [7, 11) is -0.591. The number of benzene rings is 2. The first-order valence-electron chi connectivity index (χ1n) is 9.42. The summed E-state index contributed by atoms with van der Waals surface area (Å²) in [6, 6.07) is 13.0. The van der Waals surface area contributed by atoms with Crippen LogP contribution in [0.5, 0.6) is 5.75 Å². The van der Waals surface area contributed by atoms with Gasteiger partial charge in [-0.1, -0.05) is 29.8 Å². The minimum absolute atomic E-state index is 0.0733. The number of sulfonamides is 1. The van der Waals surface area contributed by atoms with Crippen LogP contribution in [0.15, 0.2) is 53.4 Å². The lowest BCUT2D eigenvalue weighted by atomic mass is 9.91. The second-order valence-electron chi connectivity index (χ2n) is 7.49. The summed E-state index contributed by atoms with van der Waals surface area (Å²) in [6.45, 7) is 3.79. The number of aryl methyl sites for hydroxylation is 1. The van der Waals surface area contributed by atoms with Crippen molar-refractivity contribution >= 4 is 22.0 Å². The highest BCUT2D eigenvalue weighted by Crippen LogP contribution is 2.29. The Morgan fingerprint density at radius 3 is 2.20 bits per heavy atom. The summed E-state index contributed by atoms with van der Waals surface area (Å²) in [5.41, 5.74) is 0.661. The van der Waals surface area contributed by atoms with Gasteiger partial charge in [-0.25, -0.2) is 17.5 Å². The maximum Gasteiger partial charge on any atom is 0.325 e. The highest BCUT2D eigenvalue weighted by atomic mass is 32.2. The van der Waals surface area contributed by atoms with Crippen molar-refractivity contribution in [3.05, 3.63) is 59.7 Å². The number of imide groups is 1. The van der Waals surface area contributed by atoms with Crippen molar-refractivity contribution < 1.29 is 22.7 Å². The van der Waals surface area contributed by atoms with Crippen LogP contribution in [-0.4, -0.2) is 56.8 Å². The van der Waals surface area contributed by atoms with E-state index in [0.29, 0.717) is 11.3 Å². The lowest BCUT2D eigenvalue weighted by molar-refractivity contribution is -0.131. The number of nitrogens with zero attached hydrogens (tertiary/aromatic N) is 2. The lowest BCUT2D eigenvalue weighted by Gasteiger charge is -2.22. The minimum Gasteiger partial charge on any atom is -0.492 e. The molecule has 2 aromatic rings. The minimum atomic E-state index is -3.51. The molecule has 1 atom stereocenters. The highest BCUT2D eigenvalue weighted by molar-refractivity contribution is 7.89. The van der Waals surface area contributed by atoms with Gasteiger partial charge in [0.05, 0.1) is 11.4 Å². The number of rotatable bonds is 7. The lowest BCUT2D eigenvalue weighted by Crippen LogP contribution is -2.41. The molecule has 1 aliphatic rings. The van der Waals surface area contributed by atoms with E-state index in [9.17, 15) is 18.0 Å². The van der Waals surface area contributed by atoms with E-state index in [1.165, 1.54) is 26.2 Å². The van der Waals surface area contributed by atoms with Gasteiger partial charge in [-0.05, 0) is 43.7 Å². The molecule has 8 nitrogen and oxygen atoms in total. The van der Waals surface area contributed by atoms with Crippen LogP contribution in [-0.2, 0) is 20.4 Å². The summed E-state index contributed by atoms with van der Waals surface area (Å²) < 4.78 is 30.9. The van der Waals surface area contributed by atoms with Gasteiger partial charge in [0.2, 0.25) is 10.0 Å². The Kier molecular flexibility index (Phi) is 5.87. The largest absolute Gasteiger partial charge is 0.492 e. The zero-order valence-electron chi connectivity index (χ0n) is 17.4. The van der Waals surface area contributed by atoms with Crippen LogP contribution in [0.3, 0.4) is 0 Å². The fourth-order valence-electron chi connectivity index (χ4n) is 3.16.